The van der Waals surface area contributed by atoms with Gasteiger partial charge in [0.1, 0.15) is 23.4 Å². The molecule has 0 N–H and O–H groups in total. The Morgan fingerprint density at radius 3 is 2.59 bits per heavy atom. The molecule has 7 nitrogen and oxygen atoms in total. The third-order valence-corrected chi connectivity index (χ3v) is 5.93. The monoisotopic (exact) mass is 398 g/mol. The predicted molar refractivity (Wildman–Crippen MR) is 110 cm³/mol. The largest absolute Gasteiger partial charge is 0.497 e. The third kappa shape index (κ3) is 4.56. The zero-order valence-corrected chi connectivity index (χ0v) is 17.3. The molecular formula is C22H30N4O3. The summed E-state index contributed by atoms with van der Waals surface area (Å²) in [6.07, 6.45) is 7.93. The number of carbonyl (C=O) groups is 1. The second kappa shape index (κ2) is 8.86. The van der Waals surface area contributed by atoms with Crippen molar-refractivity contribution in [3.63, 3.8) is 0 Å². The number of imidazole rings is 1. The maximum atomic E-state index is 13.0. The number of benzene rings is 1. The van der Waals surface area contributed by atoms with E-state index in [1.807, 2.05) is 42.5 Å². The van der Waals surface area contributed by atoms with E-state index in [0.29, 0.717) is 17.1 Å². The van der Waals surface area contributed by atoms with Gasteiger partial charge in [-0.1, -0.05) is 0 Å². The lowest BCUT2D eigenvalue weighted by atomic mass is 10.1. The van der Waals surface area contributed by atoms with Crippen LogP contribution < -0.4 is 9.47 Å². The number of hydrogen-bond acceptors (Lipinski definition) is 5. The van der Waals surface area contributed by atoms with Crippen LogP contribution in [0.4, 0.5) is 0 Å². The van der Waals surface area contributed by atoms with Gasteiger partial charge in [-0.15, -0.1) is 0 Å². The molecule has 0 unspecified atom stereocenters. The second-order valence-electron chi connectivity index (χ2n) is 7.91. The maximum absolute atomic E-state index is 13.0. The molecule has 156 valence electrons. The summed E-state index contributed by atoms with van der Waals surface area (Å²) in [5, 5.41) is 0. The summed E-state index contributed by atoms with van der Waals surface area (Å²) < 4.78 is 13.8. The molecule has 1 aromatic carbocycles. The number of methoxy groups -OCH3 is 1. The summed E-state index contributed by atoms with van der Waals surface area (Å²) in [7, 11) is 3.66. The third-order valence-electron chi connectivity index (χ3n) is 5.93. The van der Waals surface area contributed by atoms with E-state index in [0.717, 1.165) is 64.2 Å². The molecule has 1 aromatic heterocycles. The zero-order chi connectivity index (χ0) is 20.2. The first kappa shape index (κ1) is 19.8. The normalized spacial score (nSPS) is 18.2. The minimum atomic E-state index is 0.0624. The van der Waals surface area contributed by atoms with Crippen LogP contribution in [0.3, 0.4) is 0 Å². The lowest BCUT2D eigenvalue weighted by Gasteiger charge is -2.32. The van der Waals surface area contributed by atoms with Gasteiger partial charge in [0.05, 0.1) is 19.2 Å². The van der Waals surface area contributed by atoms with Crippen LogP contribution in [0.2, 0.25) is 0 Å². The summed E-state index contributed by atoms with van der Waals surface area (Å²) >= 11 is 0. The molecule has 0 radical (unpaired) electrons. The molecule has 3 heterocycles. The summed E-state index contributed by atoms with van der Waals surface area (Å²) in [6.45, 7) is 4.42. The van der Waals surface area contributed by atoms with Crippen molar-refractivity contribution < 1.29 is 14.3 Å². The van der Waals surface area contributed by atoms with E-state index in [9.17, 15) is 4.79 Å². The average molecular weight is 399 g/mol. The number of carbonyl (C=O) groups excluding carboxylic acids is 1. The van der Waals surface area contributed by atoms with Crippen molar-refractivity contribution in [1.29, 1.82) is 0 Å². The molecule has 2 aromatic rings. The SMILES string of the molecule is COc1ccc(C(=O)N2CCCC2)c(OC2CCN(Cc3nccn3C)CC2)c1. The molecule has 2 saturated heterocycles. The van der Waals surface area contributed by atoms with Gasteiger partial charge in [0.15, 0.2) is 0 Å². The van der Waals surface area contributed by atoms with E-state index < -0.39 is 0 Å². The molecule has 0 bridgehead atoms. The van der Waals surface area contributed by atoms with Gasteiger partial charge in [-0.3, -0.25) is 9.69 Å². The van der Waals surface area contributed by atoms with Crippen LogP contribution in [-0.2, 0) is 13.6 Å². The van der Waals surface area contributed by atoms with E-state index in [4.69, 9.17) is 9.47 Å². The number of rotatable bonds is 6. The highest BCUT2D eigenvalue weighted by atomic mass is 16.5. The van der Waals surface area contributed by atoms with Crippen molar-refractivity contribution in [3.8, 4) is 11.5 Å². The quantitative estimate of drug-likeness (QED) is 0.749. The topological polar surface area (TPSA) is 59.8 Å². The fraction of sp³-hybridized carbons (Fsp3) is 0.545. The number of hydrogen-bond donors (Lipinski definition) is 0. The maximum Gasteiger partial charge on any atom is 0.257 e. The summed E-state index contributed by atoms with van der Waals surface area (Å²) in [6, 6.07) is 5.53. The van der Waals surface area contributed by atoms with Gasteiger partial charge < -0.3 is 18.9 Å². The minimum Gasteiger partial charge on any atom is -0.497 e. The van der Waals surface area contributed by atoms with Gasteiger partial charge in [0, 0.05) is 51.7 Å². The van der Waals surface area contributed by atoms with Crippen LogP contribution in [0.1, 0.15) is 41.9 Å². The van der Waals surface area contributed by atoms with E-state index in [2.05, 4.69) is 14.5 Å². The highest BCUT2D eigenvalue weighted by molar-refractivity contribution is 5.97. The van der Waals surface area contributed by atoms with Crippen molar-refractivity contribution in [1.82, 2.24) is 19.4 Å². The fourth-order valence-corrected chi connectivity index (χ4v) is 4.11. The Balaban J connectivity index is 1.41. The van der Waals surface area contributed by atoms with Gasteiger partial charge in [-0.25, -0.2) is 4.98 Å². The van der Waals surface area contributed by atoms with Crippen LogP contribution in [0.25, 0.3) is 0 Å². The van der Waals surface area contributed by atoms with Crippen LogP contribution in [0.5, 0.6) is 11.5 Å². The van der Waals surface area contributed by atoms with Crippen molar-refractivity contribution in [2.75, 3.05) is 33.3 Å². The number of nitrogens with zero attached hydrogens (tertiary/aromatic N) is 4. The van der Waals surface area contributed by atoms with Gasteiger partial charge in [0.25, 0.3) is 5.91 Å². The minimum absolute atomic E-state index is 0.0624. The van der Waals surface area contributed by atoms with E-state index >= 15 is 0 Å². The molecule has 0 aliphatic carbocycles. The molecule has 2 aliphatic heterocycles. The van der Waals surface area contributed by atoms with Crippen molar-refractivity contribution >= 4 is 5.91 Å². The summed E-state index contributed by atoms with van der Waals surface area (Å²) in [5.74, 6) is 2.50. The van der Waals surface area contributed by atoms with Crippen molar-refractivity contribution in [2.24, 2.45) is 7.05 Å². The first-order chi connectivity index (χ1) is 14.1. The number of amides is 1. The first-order valence-electron chi connectivity index (χ1n) is 10.5. The predicted octanol–water partition coefficient (Wildman–Crippen LogP) is 2.71. The Morgan fingerprint density at radius 2 is 1.93 bits per heavy atom. The molecule has 29 heavy (non-hydrogen) atoms. The standard InChI is InChI=1S/C22H30N4O3/c1-24-14-9-23-21(24)16-25-12-7-17(8-13-25)29-20-15-18(28-2)5-6-19(20)22(27)26-10-3-4-11-26/h5-6,9,14-15,17H,3-4,7-8,10-13,16H2,1-2H3. The van der Waals surface area contributed by atoms with Gasteiger partial charge in [0.2, 0.25) is 0 Å². The Bertz CT molecular complexity index is 836. The van der Waals surface area contributed by atoms with Crippen LogP contribution >= 0.6 is 0 Å². The molecule has 0 saturated carbocycles. The summed E-state index contributed by atoms with van der Waals surface area (Å²) in [4.78, 5) is 21.7. The zero-order valence-electron chi connectivity index (χ0n) is 17.3. The Labute approximate surface area is 172 Å². The molecular weight excluding hydrogens is 368 g/mol. The van der Waals surface area contributed by atoms with E-state index in [-0.39, 0.29) is 12.0 Å². The van der Waals surface area contributed by atoms with Gasteiger partial charge in [-0.2, -0.15) is 0 Å². The van der Waals surface area contributed by atoms with E-state index in [1.165, 1.54) is 0 Å². The molecule has 4 rings (SSSR count). The van der Waals surface area contributed by atoms with E-state index in [1.54, 1.807) is 7.11 Å². The molecule has 2 fully saturated rings. The Hall–Kier alpha value is -2.54. The van der Waals surface area contributed by atoms with Crippen LogP contribution in [-0.4, -0.2) is 64.7 Å². The number of aromatic nitrogens is 2. The molecule has 7 heteroatoms. The van der Waals surface area contributed by atoms with Gasteiger partial charge in [-0.05, 0) is 37.8 Å². The molecule has 2 aliphatic rings. The highest BCUT2D eigenvalue weighted by Crippen LogP contribution is 2.30. The molecule has 0 spiro atoms. The van der Waals surface area contributed by atoms with Crippen molar-refractivity contribution in [2.45, 2.75) is 38.3 Å². The average Bonchev–Trinajstić information content (AvgIpc) is 3.41. The molecule has 0 atom stereocenters. The number of aryl methyl sites for hydroxylation is 1. The smallest absolute Gasteiger partial charge is 0.257 e. The van der Waals surface area contributed by atoms with Gasteiger partial charge >= 0.3 is 0 Å². The Kier molecular flexibility index (Phi) is 6.04. The van der Waals surface area contributed by atoms with Crippen LogP contribution in [0, 0.1) is 0 Å². The summed E-state index contributed by atoms with van der Waals surface area (Å²) in [5.41, 5.74) is 0.642. The Morgan fingerprint density at radius 1 is 1.17 bits per heavy atom. The number of likely N-dealkylation sites (tertiary alicyclic amines) is 2. The van der Waals surface area contributed by atoms with Crippen molar-refractivity contribution in [3.05, 3.63) is 42.0 Å². The number of ether oxygens (including phenoxy) is 2. The fourth-order valence-electron chi connectivity index (χ4n) is 4.11. The highest BCUT2D eigenvalue weighted by Gasteiger charge is 2.26. The molecule has 1 amide bonds. The first-order valence-corrected chi connectivity index (χ1v) is 10.5. The lowest BCUT2D eigenvalue weighted by molar-refractivity contribution is 0.0762. The van der Waals surface area contributed by atoms with Crippen LogP contribution in [0.15, 0.2) is 30.6 Å². The second-order valence-corrected chi connectivity index (χ2v) is 7.91. The number of piperidine rings is 1. The lowest BCUT2D eigenvalue weighted by Crippen LogP contribution is -2.38.